The number of carbonyl (C=O) groups is 1. The van der Waals surface area contributed by atoms with E-state index >= 15 is 0 Å². The van der Waals surface area contributed by atoms with Gasteiger partial charge in [0.05, 0.1) is 0 Å². The molecule has 174 valence electrons. The summed E-state index contributed by atoms with van der Waals surface area (Å²) in [5.41, 5.74) is 0. The summed E-state index contributed by atoms with van der Waals surface area (Å²) in [4.78, 5) is 11.5. The van der Waals surface area contributed by atoms with Crippen molar-refractivity contribution in [3.05, 3.63) is 0 Å². The molecule has 0 amide bonds. The van der Waals surface area contributed by atoms with E-state index in [9.17, 15) is 9.90 Å². The van der Waals surface area contributed by atoms with Crippen molar-refractivity contribution in [3.63, 3.8) is 0 Å². The lowest BCUT2D eigenvalue weighted by atomic mass is 10.0. The van der Waals surface area contributed by atoms with E-state index in [0.29, 0.717) is 6.42 Å². The summed E-state index contributed by atoms with van der Waals surface area (Å²) in [6.45, 7) is 3.00. The van der Waals surface area contributed by atoms with Gasteiger partial charge < -0.3 is 14.9 Å². The molecule has 0 radical (unpaired) electrons. The maximum Gasteiger partial charge on any atom is 0.308 e. The van der Waals surface area contributed by atoms with Gasteiger partial charge in [0.15, 0.2) is 0 Å². The maximum absolute atomic E-state index is 11.5. The normalized spacial score (nSPS) is 13.4. The Morgan fingerprint density at radius 3 is 1.28 bits per heavy atom. The van der Waals surface area contributed by atoms with Crippen LogP contribution >= 0.6 is 0 Å². The summed E-state index contributed by atoms with van der Waals surface area (Å²) < 4.78 is 4.79. The third-order valence-corrected chi connectivity index (χ3v) is 5.61. The van der Waals surface area contributed by atoms with Gasteiger partial charge in [0.1, 0.15) is 6.61 Å². The molecule has 0 saturated heterocycles. The number of ether oxygens (including phenoxy) is 1. The highest BCUT2D eigenvalue weighted by atomic mass is 16.7. The van der Waals surface area contributed by atoms with E-state index in [2.05, 4.69) is 6.92 Å². The molecule has 4 heteroatoms. The van der Waals surface area contributed by atoms with Gasteiger partial charge >= 0.3 is 5.97 Å². The molecule has 0 fully saturated rings. The van der Waals surface area contributed by atoms with Crippen LogP contribution in [0, 0.1) is 0 Å². The van der Waals surface area contributed by atoms with E-state index in [1.54, 1.807) is 0 Å². The van der Waals surface area contributed by atoms with Crippen LogP contribution in [-0.2, 0) is 9.53 Å². The first-order valence-electron chi connectivity index (χ1n) is 12.6. The van der Waals surface area contributed by atoms with E-state index in [1.807, 2.05) is 0 Å². The molecule has 0 aromatic carbocycles. The summed E-state index contributed by atoms with van der Waals surface area (Å²) >= 11 is 0. The SMILES string of the molecule is CCCCCCCCCCCCCCCCCCCCCC(=O)OC(C)(O)CO. The standard InChI is InChI=1S/C25H50O4/c1-3-4-5-6-7-8-9-10-11-12-13-14-15-16-17-18-19-20-21-22-24(27)29-25(2,28)23-26/h26,28H,3-23H2,1-2H3. The van der Waals surface area contributed by atoms with Crippen LogP contribution in [0.3, 0.4) is 0 Å². The molecule has 4 nitrogen and oxygen atoms in total. The van der Waals surface area contributed by atoms with Crippen LogP contribution < -0.4 is 0 Å². The van der Waals surface area contributed by atoms with Crippen LogP contribution in [0.4, 0.5) is 0 Å². The van der Waals surface area contributed by atoms with Crippen molar-refractivity contribution in [1.82, 2.24) is 0 Å². The monoisotopic (exact) mass is 414 g/mol. The van der Waals surface area contributed by atoms with Crippen LogP contribution in [0.25, 0.3) is 0 Å². The van der Waals surface area contributed by atoms with E-state index in [4.69, 9.17) is 9.84 Å². The van der Waals surface area contributed by atoms with Gasteiger partial charge in [-0.1, -0.05) is 122 Å². The Hall–Kier alpha value is -0.610. The maximum atomic E-state index is 11.5. The van der Waals surface area contributed by atoms with Crippen LogP contribution in [0.5, 0.6) is 0 Å². The second-order valence-corrected chi connectivity index (χ2v) is 8.92. The van der Waals surface area contributed by atoms with E-state index in [0.717, 1.165) is 19.3 Å². The Morgan fingerprint density at radius 1 is 0.655 bits per heavy atom. The number of carbonyl (C=O) groups excluding carboxylic acids is 1. The number of hydrogen-bond acceptors (Lipinski definition) is 4. The molecule has 0 bridgehead atoms. The quantitative estimate of drug-likeness (QED) is 0.113. The molecule has 0 rings (SSSR count). The van der Waals surface area contributed by atoms with E-state index in [1.165, 1.54) is 110 Å². The Bertz CT molecular complexity index is 355. The summed E-state index contributed by atoms with van der Waals surface area (Å²) in [6.07, 6.45) is 25.5. The van der Waals surface area contributed by atoms with Crippen LogP contribution in [0.15, 0.2) is 0 Å². The fraction of sp³-hybridized carbons (Fsp3) is 0.960. The molecule has 0 aliphatic carbocycles. The first-order chi connectivity index (χ1) is 14.0. The van der Waals surface area contributed by atoms with Crippen molar-refractivity contribution < 1.29 is 19.7 Å². The highest BCUT2D eigenvalue weighted by Gasteiger charge is 2.23. The molecule has 29 heavy (non-hydrogen) atoms. The van der Waals surface area contributed by atoms with Crippen molar-refractivity contribution in [3.8, 4) is 0 Å². The van der Waals surface area contributed by atoms with Gasteiger partial charge in [-0.3, -0.25) is 4.79 Å². The Morgan fingerprint density at radius 2 is 0.966 bits per heavy atom. The number of aliphatic hydroxyl groups excluding tert-OH is 1. The van der Waals surface area contributed by atoms with Crippen molar-refractivity contribution in [2.45, 2.75) is 148 Å². The van der Waals surface area contributed by atoms with Gasteiger partial charge in [-0.05, 0) is 6.42 Å². The molecule has 0 aromatic rings. The average Bonchev–Trinajstić information content (AvgIpc) is 2.69. The highest BCUT2D eigenvalue weighted by Crippen LogP contribution is 2.15. The lowest BCUT2D eigenvalue weighted by Crippen LogP contribution is -2.35. The first-order valence-corrected chi connectivity index (χ1v) is 12.6. The summed E-state index contributed by atoms with van der Waals surface area (Å²) in [7, 11) is 0. The van der Waals surface area contributed by atoms with Crippen molar-refractivity contribution in [1.29, 1.82) is 0 Å². The topological polar surface area (TPSA) is 66.8 Å². The van der Waals surface area contributed by atoms with Gasteiger partial charge in [0, 0.05) is 13.3 Å². The second-order valence-electron chi connectivity index (χ2n) is 8.92. The van der Waals surface area contributed by atoms with Gasteiger partial charge in [0.2, 0.25) is 5.79 Å². The molecule has 0 heterocycles. The van der Waals surface area contributed by atoms with Gasteiger partial charge in [-0.15, -0.1) is 0 Å². The number of aliphatic hydroxyl groups is 2. The molecule has 0 spiro atoms. The minimum atomic E-state index is -1.75. The lowest BCUT2D eigenvalue weighted by Gasteiger charge is -2.20. The van der Waals surface area contributed by atoms with Crippen molar-refractivity contribution >= 4 is 5.97 Å². The molecule has 0 aromatic heterocycles. The summed E-state index contributed by atoms with van der Waals surface area (Å²) in [5.74, 6) is -2.18. The van der Waals surface area contributed by atoms with Crippen molar-refractivity contribution in [2.75, 3.05) is 6.61 Å². The predicted octanol–water partition coefficient (Wildman–Crippen LogP) is 7.05. The second kappa shape index (κ2) is 20.7. The zero-order valence-electron chi connectivity index (χ0n) is 19.6. The largest absolute Gasteiger partial charge is 0.431 e. The van der Waals surface area contributed by atoms with Gasteiger partial charge in [-0.2, -0.15) is 0 Å². The van der Waals surface area contributed by atoms with Gasteiger partial charge in [-0.25, -0.2) is 0 Å². The Balaban J connectivity index is 3.16. The van der Waals surface area contributed by atoms with Crippen molar-refractivity contribution in [2.24, 2.45) is 0 Å². The smallest absolute Gasteiger partial charge is 0.308 e. The molecule has 0 aliphatic rings. The molecule has 0 aliphatic heterocycles. The highest BCUT2D eigenvalue weighted by molar-refractivity contribution is 5.69. The van der Waals surface area contributed by atoms with E-state index in [-0.39, 0.29) is 0 Å². The molecule has 1 unspecified atom stereocenters. The Labute approximate surface area is 180 Å². The molecular formula is C25H50O4. The molecule has 0 saturated carbocycles. The Kier molecular flexibility index (Phi) is 20.2. The number of unbranched alkanes of at least 4 members (excludes halogenated alkanes) is 18. The number of hydrogen-bond donors (Lipinski definition) is 2. The first kappa shape index (κ1) is 28.4. The number of rotatable bonds is 22. The minimum Gasteiger partial charge on any atom is -0.431 e. The average molecular weight is 415 g/mol. The van der Waals surface area contributed by atoms with Crippen LogP contribution in [0.1, 0.15) is 142 Å². The van der Waals surface area contributed by atoms with E-state index < -0.39 is 18.4 Å². The summed E-state index contributed by atoms with van der Waals surface area (Å²) in [6, 6.07) is 0. The van der Waals surface area contributed by atoms with Gasteiger partial charge in [0.25, 0.3) is 0 Å². The molecular weight excluding hydrogens is 364 g/mol. The van der Waals surface area contributed by atoms with Crippen LogP contribution in [0.2, 0.25) is 0 Å². The minimum absolute atomic E-state index is 0.314. The molecule has 2 N–H and O–H groups in total. The fourth-order valence-corrected chi connectivity index (χ4v) is 3.68. The van der Waals surface area contributed by atoms with Crippen LogP contribution in [-0.4, -0.2) is 28.6 Å². The predicted molar refractivity (Wildman–Crippen MR) is 122 cm³/mol. The number of esters is 1. The third-order valence-electron chi connectivity index (χ3n) is 5.61. The zero-order valence-corrected chi connectivity index (χ0v) is 19.6. The third kappa shape index (κ3) is 21.9. The zero-order chi connectivity index (χ0) is 21.6. The fourth-order valence-electron chi connectivity index (χ4n) is 3.68. The molecule has 1 atom stereocenters. The summed E-state index contributed by atoms with van der Waals surface area (Å²) in [5, 5.41) is 18.3. The lowest BCUT2D eigenvalue weighted by molar-refractivity contribution is -0.214.